The number of halogens is 1. The maximum Gasteiger partial charge on any atom is 0.233 e. The van der Waals surface area contributed by atoms with Crippen molar-refractivity contribution in [2.75, 3.05) is 13.1 Å². The number of hydrogen-bond acceptors (Lipinski definition) is 4. The van der Waals surface area contributed by atoms with Crippen LogP contribution >= 0.6 is 12.4 Å². The zero-order chi connectivity index (χ0) is 11.7. The van der Waals surface area contributed by atoms with Crippen LogP contribution in [0.15, 0.2) is 24.7 Å². The van der Waals surface area contributed by atoms with Gasteiger partial charge in [0.1, 0.15) is 0 Å². The lowest BCUT2D eigenvalue weighted by Gasteiger charge is -2.29. The van der Waals surface area contributed by atoms with Gasteiger partial charge in [-0.15, -0.1) is 12.4 Å². The van der Waals surface area contributed by atoms with E-state index in [0.717, 1.165) is 37.5 Å². The van der Waals surface area contributed by atoms with Gasteiger partial charge in [0.2, 0.25) is 5.78 Å². The van der Waals surface area contributed by atoms with Crippen molar-refractivity contribution in [1.29, 1.82) is 0 Å². The summed E-state index contributed by atoms with van der Waals surface area (Å²) in [5.41, 5.74) is 7.04. The topological polar surface area (TPSA) is 59.5 Å². The maximum atomic E-state index is 5.97. The Morgan fingerprint density at radius 3 is 3.11 bits per heavy atom. The van der Waals surface area contributed by atoms with Gasteiger partial charge in [0.25, 0.3) is 0 Å². The van der Waals surface area contributed by atoms with Crippen molar-refractivity contribution in [1.82, 2.24) is 19.3 Å². The summed E-state index contributed by atoms with van der Waals surface area (Å²) in [6.07, 6.45) is 8.11. The Balaban J connectivity index is 0.00000120. The van der Waals surface area contributed by atoms with Crippen LogP contribution in [0.25, 0.3) is 5.78 Å². The molecule has 0 saturated carbocycles. The van der Waals surface area contributed by atoms with Gasteiger partial charge in [-0.25, -0.2) is 9.97 Å². The van der Waals surface area contributed by atoms with E-state index in [0.29, 0.717) is 6.04 Å². The van der Waals surface area contributed by atoms with Gasteiger partial charge in [-0.1, -0.05) is 0 Å². The first-order chi connectivity index (χ1) is 8.31. The fourth-order valence-electron chi connectivity index (χ4n) is 2.42. The molecule has 6 heteroatoms. The Morgan fingerprint density at radius 1 is 1.44 bits per heavy atom. The third-order valence-corrected chi connectivity index (χ3v) is 3.21. The Bertz CT molecular complexity index is 479. The molecule has 1 aliphatic heterocycles. The molecule has 0 unspecified atom stereocenters. The maximum absolute atomic E-state index is 5.97. The molecule has 2 aromatic heterocycles. The molecular weight excluding hydrogens is 250 g/mol. The normalized spacial score (nSPS) is 20.8. The Hall–Kier alpha value is -1.17. The third kappa shape index (κ3) is 2.80. The number of nitrogens with two attached hydrogens (primary N) is 1. The highest BCUT2D eigenvalue weighted by atomic mass is 35.5. The van der Waals surface area contributed by atoms with Gasteiger partial charge in [-0.2, -0.15) is 0 Å². The van der Waals surface area contributed by atoms with Crippen LogP contribution in [-0.4, -0.2) is 38.4 Å². The highest BCUT2D eigenvalue weighted by molar-refractivity contribution is 5.85. The quantitative estimate of drug-likeness (QED) is 0.884. The zero-order valence-electron chi connectivity index (χ0n) is 10.2. The fraction of sp³-hybridized carbons (Fsp3) is 0.500. The molecule has 2 aromatic rings. The summed E-state index contributed by atoms with van der Waals surface area (Å²) in [7, 11) is 0. The molecule has 0 aliphatic carbocycles. The highest BCUT2D eigenvalue weighted by Crippen LogP contribution is 2.12. The van der Waals surface area contributed by atoms with E-state index >= 15 is 0 Å². The molecule has 5 nitrogen and oxygen atoms in total. The van der Waals surface area contributed by atoms with Crippen LogP contribution in [0.2, 0.25) is 0 Å². The van der Waals surface area contributed by atoms with Gasteiger partial charge in [0.15, 0.2) is 0 Å². The molecule has 0 bridgehead atoms. The van der Waals surface area contributed by atoms with E-state index in [9.17, 15) is 0 Å². The van der Waals surface area contributed by atoms with E-state index < -0.39 is 0 Å². The Morgan fingerprint density at radius 2 is 2.33 bits per heavy atom. The summed E-state index contributed by atoms with van der Waals surface area (Å²) in [4.78, 5) is 11.1. The summed E-state index contributed by atoms with van der Waals surface area (Å²) in [6, 6.07) is 2.23. The second-order valence-corrected chi connectivity index (χ2v) is 4.70. The van der Waals surface area contributed by atoms with Gasteiger partial charge >= 0.3 is 0 Å². The molecule has 1 aliphatic rings. The summed E-state index contributed by atoms with van der Waals surface area (Å²) in [6.45, 7) is 2.97. The van der Waals surface area contributed by atoms with Gasteiger partial charge in [-0.3, -0.25) is 9.30 Å². The lowest BCUT2D eigenvalue weighted by atomic mass is 10.1. The molecule has 0 aromatic carbocycles. The molecule has 0 spiro atoms. The first kappa shape index (κ1) is 13.3. The van der Waals surface area contributed by atoms with E-state index in [-0.39, 0.29) is 12.4 Å². The zero-order valence-corrected chi connectivity index (χ0v) is 11.0. The predicted molar refractivity (Wildman–Crippen MR) is 72.7 cm³/mol. The van der Waals surface area contributed by atoms with Crippen LogP contribution in [0, 0.1) is 0 Å². The molecule has 1 saturated heterocycles. The number of imidazole rings is 1. The average molecular weight is 268 g/mol. The minimum Gasteiger partial charge on any atom is -0.327 e. The molecule has 0 radical (unpaired) electrons. The SMILES string of the molecule is Cl.N[C@@H]1CCCN(Cc2cn3cccnc3n2)C1. The molecule has 2 N–H and O–H groups in total. The highest BCUT2D eigenvalue weighted by Gasteiger charge is 2.17. The number of likely N-dealkylation sites (tertiary alicyclic amines) is 1. The molecule has 0 amide bonds. The summed E-state index contributed by atoms with van der Waals surface area (Å²) in [5.74, 6) is 0.767. The molecule has 18 heavy (non-hydrogen) atoms. The molecule has 98 valence electrons. The molecule has 3 rings (SSSR count). The van der Waals surface area contributed by atoms with Crippen LogP contribution in [0.5, 0.6) is 0 Å². The van der Waals surface area contributed by atoms with Gasteiger partial charge in [-0.05, 0) is 25.5 Å². The third-order valence-electron chi connectivity index (χ3n) is 3.21. The van der Waals surface area contributed by atoms with E-state index in [1.807, 2.05) is 22.9 Å². The van der Waals surface area contributed by atoms with Crippen molar-refractivity contribution < 1.29 is 0 Å². The largest absolute Gasteiger partial charge is 0.327 e. The van der Waals surface area contributed by atoms with Crippen molar-refractivity contribution in [2.45, 2.75) is 25.4 Å². The summed E-state index contributed by atoms with van der Waals surface area (Å²) < 4.78 is 1.96. The number of fused-ring (bicyclic) bond motifs is 1. The summed E-state index contributed by atoms with van der Waals surface area (Å²) >= 11 is 0. The van der Waals surface area contributed by atoms with Crippen LogP contribution in [0.1, 0.15) is 18.5 Å². The molecular formula is C12H18ClN5. The van der Waals surface area contributed by atoms with Crippen LogP contribution in [0.3, 0.4) is 0 Å². The number of hydrogen-bond donors (Lipinski definition) is 1. The molecule has 1 fully saturated rings. The lowest BCUT2D eigenvalue weighted by Crippen LogP contribution is -2.42. The van der Waals surface area contributed by atoms with Crippen molar-refractivity contribution in [3.63, 3.8) is 0 Å². The Kier molecular flexibility index (Phi) is 4.16. The van der Waals surface area contributed by atoms with Crippen molar-refractivity contribution in [3.8, 4) is 0 Å². The van der Waals surface area contributed by atoms with Crippen molar-refractivity contribution in [2.24, 2.45) is 5.73 Å². The predicted octanol–water partition coefficient (Wildman–Crippen LogP) is 1.07. The smallest absolute Gasteiger partial charge is 0.233 e. The minimum atomic E-state index is 0. The van der Waals surface area contributed by atoms with E-state index in [2.05, 4.69) is 14.9 Å². The lowest BCUT2D eigenvalue weighted by molar-refractivity contribution is 0.200. The molecule has 1 atom stereocenters. The number of nitrogens with zero attached hydrogens (tertiary/aromatic N) is 4. The number of aromatic nitrogens is 3. The van der Waals surface area contributed by atoms with Crippen LogP contribution in [-0.2, 0) is 6.54 Å². The fourth-order valence-corrected chi connectivity index (χ4v) is 2.42. The second kappa shape index (κ2) is 5.65. The minimum absolute atomic E-state index is 0. The van der Waals surface area contributed by atoms with Crippen LogP contribution < -0.4 is 5.73 Å². The van der Waals surface area contributed by atoms with Gasteiger partial charge in [0.05, 0.1) is 5.69 Å². The second-order valence-electron chi connectivity index (χ2n) is 4.70. The first-order valence-corrected chi connectivity index (χ1v) is 6.08. The monoisotopic (exact) mass is 267 g/mol. The van der Waals surface area contributed by atoms with Crippen molar-refractivity contribution in [3.05, 3.63) is 30.4 Å². The molecule has 3 heterocycles. The average Bonchev–Trinajstić information content (AvgIpc) is 2.71. The van der Waals surface area contributed by atoms with E-state index in [1.54, 1.807) is 6.20 Å². The first-order valence-electron chi connectivity index (χ1n) is 6.08. The van der Waals surface area contributed by atoms with E-state index in [1.165, 1.54) is 6.42 Å². The van der Waals surface area contributed by atoms with Gasteiger partial charge < -0.3 is 5.73 Å². The van der Waals surface area contributed by atoms with Gasteiger partial charge in [0, 0.05) is 37.7 Å². The number of rotatable bonds is 2. The number of piperidine rings is 1. The van der Waals surface area contributed by atoms with Crippen molar-refractivity contribution >= 4 is 18.2 Å². The summed E-state index contributed by atoms with van der Waals surface area (Å²) in [5, 5.41) is 0. The van der Waals surface area contributed by atoms with E-state index in [4.69, 9.17) is 5.73 Å². The Labute approximate surface area is 112 Å². The standard InChI is InChI=1S/C12H17N5.ClH/c13-10-3-1-5-16(7-10)8-11-9-17-6-2-4-14-12(17)15-11;/h2,4,6,9-10H,1,3,5,7-8,13H2;1H/t10-;/m1./s1. The van der Waals surface area contributed by atoms with Crippen LogP contribution in [0.4, 0.5) is 0 Å².